The molecule has 38 heavy (non-hydrogen) atoms. The number of aromatic nitrogens is 2. The van der Waals surface area contributed by atoms with Gasteiger partial charge in [-0.05, 0) is 49.9 Å². The molecule has 1 saturated heterocycles. The molecule has 0 saturated carbocycles. The maximum absolute atomic E-state index is 12.1. The molecule has 8 nitrogen and oxygen atoms in total. The molecular formula is C30H37N5O3. The summed E-state index contributed by atoms with van der Waals surface area (Å²) in [6.07, 6.45) is 10.7. The standard InChI is InChI=1S/C30H37N5O3/c1-35(22-25-12-6-3-7-13-25)23-27(16-15-24-10-4-2-5-11-24)33-28-21-31-26(20-32-28)17-18-29(36)34-38-30-14-8-9-19-37-30/h2-7,10-13,17-18,20-21,27,30H,8-9,14-16,19,22-23H2,1H3,(H,32,33)(H,34,36)/b18-17+/t27-,30?/m1/s1. The summed E-state index contributed by atoms with van der Waals surface area (Å²) >= 11 is 0. The number of nitrogens with zero attached hydrogens (tertiary/aromatic N) is 3. The Bertz CT molecular complexity index is 1120. The Labute approximate surface area is 225 Å². The van der Waals surface area contributed by atoms with Gasteiger partial charge in [0.05, 0.1) is 18.1 Å². The van der Waals surface area contributed by atoms with Crippen LogP contribution in [0.2, 0.25) is 0 Å². The number of carbonyl (C=O) groups is 1. The number of anilines is 1. The Balaban J connectivity index is 1.31. The summed E-state index contributed by atoms with van der Waals surface area (Å²) in [6.45, 7) is 2.39. The van der Waals surface area contributed by atoms with E-state index >= 15 is 0 Å². The molecule has 0 bridgehead atoms. The summed E-state index contributed by atoms with van der Waals surface area (Å²) in [7, 11) is 2.14. The van der Waals surface area contributed by atoms with Gasteiger partial charge in [0.2, 0.25) is 0 Å². The Morgan fingerprint density at radius 3 is 2.53 bits per heavy atom. The average Bonchev–Trinajstić information content (AvgIpc) is 2.96. The number of likely N-dealkylation sites (N-methyl/N-ethyl adjacent to an activating group) is 1. The fourth-order valence-corrected chi connectivity index (χ4v) is 4.36. The zero-order chi connectivity index (χ0) is 26.4. The normalized spacial score (nSPS) is 16.4. The molecule has 1 fully saturated rings. The molecule has 0 aliphatic carbocycles. The third-order valence-corrected chi connectivity index (χ3v) is 6.31. The van der Waals surface area contributed by atoms with Gasteiger partial charge in [0, 0.05) is 38.2 Å². The van der Waals surface area contributed by atoms with Crippen molar-refractivity contribution in [3.8, 4) is 0 Å². The van der Waals surface area contributed by atoms with Crippen LogP contribution in [-0.2, 0) is 27.3 Å². The summed E-state index contributed by atoms with van der Waals surface area (Å²) in [5.74, 6) is 0.334. The van der Waals surface area contributed by atoms with Crippen LogP contribution in [0.3, 0.4) is 0 Å². The molecule has 2 aromatic carbocycles. The molecule has 8 heteroatoms. The number of ether oxygens (including phenoxy) is 1. The van der Waals surface area contributed by atoms with Gasteiger partial charge in [-0.15, -0.1) is 0 Å². The largest absolute Gasteiger partial charge is 0.365 e. The van der Waals surface area contributed by atoms with Crippen molar-refractivity contribution in [2.45, 2.75) is 51.0 Å². The van der Waals surface area contributed by atoms with E-state index in [9.17, 15) is 4.79 Å². The lowest BCUT2D eigenvalue weighted by Crippen LogP contribution is -2.35. The third kappa shape index (κ3) is 9.70. The highest BCUT2D eigenvalue weighted by Crippen LogP contribution is 2.14. The first kappa shape index (κ1) is 27.4. The van der Waals surface area contributed by atoms with Gasteiger partial charge in [-0.25, -0.2) is 15.3 Å². The number of nitrogens with one attached hydrogen (secondary N) is 2. The van der Waals surface area contributed by atoms with Crippen LogP contribution in [-0.4, -0.2) is 53.3 Å². The summed E-state index contributed by atoms with van der Waals surface area (Å²) in [5, 5.41) is 3.56. The molecular weight excluding hydrogens is 478 g/mol. The Morgan fingerprint density at radius 1 is 1.08 bits per heavy atom. The van der Waals surface area contributed by atoms with E-state index in [1.807, 2.05) is 12.1 Å². The summed E-state index contributed by atoms with van der Waals surface area (Å²) in [6, 6.07) is 21.2. The SMILES string of the molecule is CN(Cc1ccccc1)C[C@@H](CCc1ccccc1)Nc1cnc(/C=C/C(=O)NOC2CCCCO2)cn1. The maximum atomic E-state index is 12.1. The van der Waals surface area contributed by atoms with Crippen LogP contribution in [0, 0.1) is 0 Å². The number of hydrogen-bond donors (Lipinski definition) is 2. The number of amides is 1. The van der Waals surface area contributed by atoms with Crippen molar-refractivity contribution in [2.75, 3.05) is 25.5 Å². The van der Waals surface area contributed by atoms with Gasteiger partial charge in [-0.1, -0.05) is 60.7 Å². The first-order valence-electron chi connectivity index (χ1n) is 13.2. The second-order valence-corrected chi connectivity index (χ2v) is 9.59. The molecule has 3 aromatic rings. The molecule has 2 heterocycles. The van der Waals surface area contributed by atoms with Crippen molar-refractivity contribution in [2.24, 2.45) is 0 Å². The first-order valence-corrected chi connectivity index (χ1v) is 13.2. The topological polar surface area (TPSA) is 88.6 Å². The molecule has 1 aromatic heterocycles. The van der Waals surface area contributed by atoms with Crippen molar-refractivity contribution in [1.82, 2.24) is 20.3 Å². The van der Waals surface area contributed by atoms with Crippen LogP contribution >= 0.6 is 0 Å². The summed E-state index contributed by atoms with van der Waals surface area (Å²) < 4.78 is 5.44. The smallest absolute Gasteiger partial charge is 0.267 e. The molecule has 1 aliphatic rings. The molecule has 2 N–H and O–H groups in total. The minimum Gasteiger partial charge on any atom is -0.365 e. The molecule has 1 amide bonds. The Kier molecular flexibility index (Phi) is 10.8. The highest BCUT2D eigenvalue weighted by atomic mass is 16.8. The van der Waals surface area contributed by atoms with E-state index in [4.69, 9.17) is 9.57 Å². The van der Waals surface area contributed by atoms with Gasteiger partial charge in [0.15, 0.2) is 6.29 Å². The van der Waals surface area contributed by atoms with Crippen LogP contribution < -0.4 is 10.8 Å². The zero-order valence-corrected chi connectivity index (χ0v) is 22.0. The molecule has 0 spiro atoms. The quantitative estimate of drug-likeness (QED) is 0.254. The van der Waals surface area contributed by atoms with Crippen LogP contribution in [0.4, 0.5) is 5.82 Å². The highest BCUT2D eigenvalue weighted by Gasteiger charge is 2.15. The molecule has 2 atom stereocenters. The van der Waals surface area contributed by atoms with Gasteiger partial charge in [-0.3, -0.25) is 9.78 Å². The van der Waals surface area contributed by atoms with E-state index in [0.717, 1.165) is 45.2 Å². The van der Waals surface area contributed by atoms with E-state index in [0.29, 0.717) is 18.1 Å². The van der Waals surface area contributed by atoms with Crippen LogP contribution in [0.25, 0.3) is 6.08 Å². The number of hydrogen-bond acceptors (Lipinski definition) is 7. The fourth-order valence-electron chi connectivity index (χ4n) is 4.36. The molecule has 200 valence electrons. The van der Waals surface area contributed by atoms with Gasteiger partial charge in [-0.2, -0.15) is 0 Å². The van der Waals surface area contributed by atoms with Crippen LogP contribution in [0.15, 0.2) is 79.1 Å². The Morgan fingerprint density at radius 2 is 1.84 bits per heavy atom. The summed E-state index contributed by atoms with van der Waals surface area (Å²) in [5.41, 5.74) is 5.59. The number of hydroxylamine groups is 1. The van der Waals surface area contributed by atoms with Crippen molar-refractivity contribution in [1.29, 1.82) is 0 Å². The third-order valence-electron chi connectivity index (χ3n) is 6.31. The predicted molar refractivity (Wildman–Crippen MR) is 149 cm³/mol. The van der Waals surface area contributed by atoms with E-state index < -0.39 is 0 Å². The minimum atomic E-state index is -0.382. The van der Waals surface area contributed by atoms with E-state index in [1.165, 1.54) is 17.2 Å². The number of rotatable bonds is 13. The molecule has 0 radical (unpaired) electrons. The number of aryl methyl sites for hydroxylation is 1. The second kappa shape index (κ2) is 15.0. The predicted octanol–water partition coefficient (Wildman–Crippen LogP) is 4.61. The lowest BCUT2D eigenvalue weighted by atomic mass is 10.0. The fraction of sp³-hybridized carbons (Fsp3) is 0.367. The van der Waals surface area contributed by atoms with Gasteiger partial charge in [0.1, 0.15) is 5.82 Å². The van der Waals surface area contributed by atoms with Gasteiger partial charge < -0.3 is 15.0 Å². The maximum Gasteiger partial charge on any atom is 0.267 e. The van der Waals surface area contributed by atoms with E-state index in [2.05, 4.69) is 81.2 Å². The number of benzene rings is 2. The van der Waals surface area contributed by atoms with Crippen LogP contribution in [0.1, 0.15) is 42.5 Å². The van der Waals surface area contributed by atoms with Gasteiger partial charge >= 0.3 is 0 Å². The first-order chi connectivity index (χ1) is 18.6. The molecule has 4 rings (SSSR count). The second-order valence-electron chi connectivity index (χ2n) is 9.59. The molecule has 1 unspecified atom stereocenters. The highest BCUT2D eigenvalue weighted by molar-refractivity contribution is 5.90. The monoisotopic (exact) mass is 515 g/mol. The van der Waals surface area contributed by atoms with Crippen molar-refractivity contribution >= 4 is 17.8 Å². The number of carbonyl (C=O) groups excluding carboxylic acids is 1. The van der Waals surface area contributed by atoms with Crippen molar-refractivity contribution < 1.29 is 14.4 Å². The molecule has 1 aliphatic heterocycles. The van der Waals surface area contributed by atoms with Crippen molar-refractivity contribution in [3.05, 3.63) is 96.0 Å². The van der Waals surface area contributed by atoms with Crippen LogP contribution in [0.5, 0.6) is 0 Å². The van der Waals surface area contributed by atoms with Crippen molar-refractivity contribution in [3.63, 3.8) is 0 Å². The summed E-state index contributed by atoms with van der Waals surface area (Å²) in [4.78, 5) is 28.7. The van der Waals surface area contributed by atoms with E-state index in [1.54, 1.807) is 18.5 Å². The zero-order valence-electron chi connectivity index (χ0n) is 22.0. The lowest BCUT2D eigenvalue weighted by Gasteiger charge is -2.25. The average molecular weight is 516 g/mol. The van der Waals surface area contributed by atoms with Gasteiger partial charge in [0.25, 0.3) is 5.91 Å². The lowest BCUT2D eigenvalue weighted by molar-refractivity contribution is -0.198. The Hall–Kier alpha value is -3.59. The van der Waals surface area contributed by atoms with E-state index in [-0.39, 0.29) is 18.2 Å². The minimum absolute atomic E-state index is 0.185.